The maximum Gasteiger partial charge on any atom is 0.416 e. The number of unbranched alkanes of at least 4 members (excludes halogenated alkanes) is 1. The van der Waals surface area contributed by atoms with Crippen molar-refractivity contribution in [3.05, 3.63) is 33.8 Å². The molecule has 0 saturated carbocycles. The number of hydrogen-bond acceptors (Lipinski definition) is 1. The largest absolute Gasteiger partial charge is 0.416 e. The zero-order chi connectivity index (χ0) is 16.0. The number of hydrogen-bond donors (Lipinski definition) is 1. The van der Waals surface area contributed by atoms with Crippen LogP contribution in [-0.2, 0) is 6.18 Å². The third-order valence-corrected chi connectivity index (χ3v) is 3.72. The van der Waals surface area contributed by atoms with Crippen molar-refractivity contribution in [1.82, 2.24) is 5.32 Å². The third kappa shape index (κ3) is 6.08. The van der Waals surface area contributed by atoms with E-state index in [1.165, 1.54) is 6.07 Å². The summed E-state index contributed by atoms with van der Waals surface area (Å²) in [5, 5.41) is 2.66. The molecule has 0 bridgehead atoms. The van der Waals surface area contributed by atoms with Crippen LogP contribution in [0.2, 0.25) is 0 Å². The van der Waals surface area contributed by atoms with Gasteiger partial charge in [-0.15, -0.1) is 0 Å². The van der Waals surface area contributed by atoms with Crippen molar-refractivity contribution in [3.63, 3.8) is 0 Å². The van der Waals surface area contributed by atoms with Crippen molar-refractivity contribution < 1.29 is 18.0 Å². The van der Waals surface area contributed by atoms with Crippen LogP contribution in [-0.4, -0.2) is 12.5 Å². The summed E-state index contributed by atoms with van der Waals surface area (Å²) in [5.74, 6) is 0.121. The average molecular weight is 366 g/mol. The molecule has 0 fully saturated rings. The fourth-order valence-corrected chi connectivity index (χ4v) is 2.28. The van der Waals surface area contributed by atoms with Crippen LogP contribution in [0, 0.1) is 5.92 Å². The van der Waals surface area contributed by atoms with E-state index in [-0.39, 0.29) is 5.56 Å². The molecule has 1 N–H and O–H groups in total. The third-order valence-electron chi connectivity index (χ3n) is 3.03. The number of alkyl halides is 3. The number of rotatable bonds is 6. The zero-order valence-electron chi connectivity index (χ0n) is 12.1. The Hall–Kier alpha value is -1.04. The first kappa shape index (κ1) is 18.0. The van der Waals surface area contributed by atoms with Gasteiger partial charge in [-0.25, -0.2) is 0 Å². The van der Waals surface area contributed by atoms with Crippen LogP contribution < -0.4 is 5.32 Å². The molecule has 0 atom stereocenters. The molecule has 1 aromatic rings. The first-order valence-electron chi connectivity index (χ1n) is 6.86. The molecule has 0 aliphatic carbocycles. The SMILES string of the molecule is CC(C)CCCCNC(=O)c1cc(C(F)(F)F)ccc1Br. The second kappa shape index (κ2) is 7.82. The Kier molecular flexibility index (Phi) is 6.71. The first-order chi connectivity index (χ1) is 9.71. The highest BCUT2D eigenvalue weighted by Gasteiger charge is 2.31. The standard InChI is InChI=1S/C15H19BrF3NO/c1-10(2)5-3-4-8-20-14(21)12-9-11(15(17,18)19)6-7-13(12)16/h6-7,9-10H,3-5,8H2,1-2H3,(H,20,21). The van der Waals surface area contributed by atoms with E-state index >= 15 is 0 Å². The Morgan fingerprint density at radius 3 is 2.52 bits per heavy atom. The molecule has 2 nitrogen and oxygen atoms in total. The number of benzene rings is 1. The molecule has 0 radical (unpaired) electrons. The molecule has 0 spiro atoms. The molecule has 21 heavy (non-hydrogen) atoms. The lowest BCUT2D eigenvalue weighted by Crippen LogP contribution is -2.25. The minimum absolute atomic E-state index is 0.00804. The van der Waals surface area contributed by atoms with Gasteiger partial charge in [0.1, 0.15) is 0 Å². The van der Waals surface area contributed by atoms with Crippen LogP contribution in [0.25, 0.3) is 0 Å². The van der Waals surface area contributed by atoms with E-state index in [2.05, 4.69) is 35.1 Å². The molecule has 118 valence electrons. The molecule has 1 amide bonds. The summed E-state index contributed by atoms with van der Waals surface area (Å²) < 4.78 is 38.3. The van der Waals surface area contributed by atoms with E-state index in [1.54, 1.807) is 0 Å². The zero-order valence-corrected chi connectivity index (χ0v) is 13.6. The van der Waals surface area contributed by atoms with Gasteiger partial charge in [-0.05, 0) is 46.5 Å². The van der Waals surface area contributed by atoms with E-state index in [1.807, 2.05) is 0 Å². The highest BCUT2D eigenvalue weighted by Crippen LogP contribution is 2.31. The summed E-state index contributed by atoms with van der Waals surface area (Å²) in [6.07, 6.45) is -1.57. The second-order valence-corrected chi connectivity index (χ2v) is 6.19. The lowest BCUT2D eigenvalue weighted by Gasteiger charge is -2.11. The Morgan fingerprint density at radius 2 is 1.95 bits per heavy atom. The molecule has 6 heteroatoms. The highest BCUT2D eigenvalue weighted by atomic mass is 79.9. The van der Waals surface area contributed by atoms with E-state index in [4.69, 9.17) is 0 Å². The van der Waals surface area contributed by atoms with Gasteiger partial charge in [0, 0.05) is 11.0 Å². The molecule has 0 unspecified atom stereocenters. The predicted octanol–water partition coefficient (Wildman–Crippen LogP) is 5.02. The summed E-state index contributed by atoms with van der Waals surface area (Å²) in [5.41, 5.74) is -0.815. The molecule has 1 aromatic carbocycles. The maximum atomic E-state index is 12.6. The fraction of sp³-hybridized carbons (Fsp3) is 0.533. The van der Waals surface area contributed by atoms with Gasteiger partial charge in [-0.2, -0.15) is 13.2 Å². The summed E-state index contributed by atoms with van der Waals surface area (Å²) in [4.78, 5) is 11.9. The minimum atomic E-state index is -4.45. The van der Waals surface area contributed by atoms with Crippen molar-refractivity contribution in [2.24, 2.45) is 5.92 Å². The molecule has 0 aliphatic heterocycles. The highest BCUT2D eigenvalue weighted by molar-refractivity contribution is 9.10. The molecule has 0 aromatic heterocycles. The van der Waals surface area contributed by atoms with Crippen molar-refractivity contribution in [1.29, 1.82) is 0 Å². The number of halogens is 4. The van der Waals surface area contributed by atoms with E-state index in [0.717, 1.165) is 31.4 Å². The van der Waals surface area contributed by atoms with E-state index < -0.39 is 17.6 Å². The summed E-state index contributed by atoms with van der Waals surface area (Å²) in [6.45, 7) is 4.71. The number of amides is 1. The lowest BCUT2D eigenvalue weighted by molar-refractivity contribution is -0.137. The van der Waals surface area contributed by atoms with Crippen LogP contribution in [0.15, 0.2) is 22.7 Å². The number of nitrogens with one attached hydrogen (secondary N) is 1. The Labute approximate surface area is 131 Å². The summed E-state index contributed by atoms with van der Waals surface area (Å²) >= 11 is 3.11. The van der Waals surface area contributed by atoms with Crippen LogP contribution >= 0.6 is 15.9 Å². The number of carbonyl (C=O) groups excluding carboxylic acids is 1. The van der Waals surface area contributed by atoms with Gasteiger partial charge >= 0.3 is 6.18 Å². The lowest BCUT2D eigenvalue weighted by atomic mass is 10.1. The molecule has 0 aliphatic rings. The maximum absolute atomic E-state index is 12.6. The van der Waals surface area contributed by atoms with Crippen LogP contribution in [0.1, 0.15) is 49.0 Å². The minimum Gasteiger partial charge on any atom is -0.352 e. The average Bonchev–Trinajstić information content (AvgIpc) is 2.36. The monoisotopic (exact) mass is 365 g/mol. The van der Waals surface area contributed by atoms with Crippen molar-refractivity contribution in [3.8, 4) is 0 Å². The Bertz CT molecular complexity index is 486. The molecular formula is C15H19BrF3NO. The van der Waals surface area contributed by atoms with Crippen molar-refractivity contribution >= 4 is 21.8 Å². The van der Waals surface area contributed by atoms with Crippen LogP contribution in [0.3, 0.4) is 0 Å². The molecule has 0 saturated heterocycles. The quantitative estimate of drug-likeness (QED) is 0.704. The second-order valence-electron chi connectivity index (χ2n) is 5.34. The molecular weight excluding hydrogens is 347 g/mol. The molecule has 0 heterocycles. The van der Waals surface area contributed by atoms with Gasteiger partial charge in [0.05, 0.1) is 11.1 Å². The Morgan fingerprint density at radius 1 is 1.29 bits per heavy atom. The van der Waals surface area contributed by atoms with E-state index in [9.17, 15) is 18.0 Å². The fourth-order valence-electron chi connectivity index (χ4n) is 1.85. The number of carbonyl (C=O) groups is 1. The van der Waals surface area contributed by atoms with E-state index in [0.29, 0.717) is 16.9 Å². The predicted molar refractivity (Wildman–Crippen MR) is 80.2 cm³/mol. The van der Waals surface area contributed by atoms with Gasteiger partial charge in [-0.3, -0.25) is 4.79 Å². The van der Waals surface area contributed by atoms with Gasteiger partial charge in [0.15, 0.2) is 0 Å². The summed E-state index contributed by atoms with van der Waals surface area (Å²) in [6, 6.07) is 3.06. The smallest absolute Gasteiger partial charge is 0.352 e. The first-order valence-corrected chi connectivity index (χ1v) is 7.66. The van der Waals surface area contributed by atoms with Gasteiger partial charge in [0.2, 0.25) is 0 Å². The van der Waals surface area contributed by atoms with Gasteiger partial charge in [-0.1, -0.05) is 26.7 Å². The van der Waals surface area contributed by atoms with Gasteiger partial charge < -0.3 is 5.32 Å². The van der Waals surface area contributed by atoms with Crippen LogP contribution in [0.5, 0.6) is 0 Å². The summed E-state index contributed by atoms with van der Waals surface area (Å²) in [7, 11) is 0. The normalized spacial score (nSPS) is 11.8. The Balaban J connectivity index is 2.61. The topological polar surface area (TPSA) is 29.1 Å². The van der Waals surface area contributed by atoms with Gasteiger partial charge in [0.25, 0.3) is 5.91 Å². The van der Waals surface area contributed by atoms with Crippen LogP contribution in [0.4, 0.5) is 13.2 Å². The molecule has 1 rings (SSSR count). The van der Waals surface area contributed by atoms with Crippen molar-refractivity contribution in [2.45, 2.75) is 39.3 Å². The van der Waals surface area contributed by atoms with Crippen molar-refractivity contribution in [2.75, 3.05) is 6.54 Å².